The van der Waals surface area contributed by atoms with Crippen LogP contribution in [-0.2, 0) is 14.3 Å². The molecule has 1 aliphatic rings. The van der Waals surface area contributed by atoms with E-state index in [1.807, 2.05) is 30.3 Å². The molecule has 0 fully saturated rings. The molecule has 35 heavy (non-hydrogen) atoms. The molecule has 4 rings (SSSR count). The van der Waals surface area contributed by atoms with E-state index in [4.69, 9.17) is 9.84 Å². The van der Waals surface area contributed by atoms with E-state index in [0.29, 0.717) is 5.56 Å². The van der Waals surface area contributed by atoms with Crippen molar-refractivity contribution in [1.82, 2.24) is 10.6 Å². The summed E-state index contributed by atoms with van der Waals surface area (Å²) in [5.74, 6) is -1.49. The Morgan fingerprint density at radius 3 is 2.11 bits per heavy atom. The van der Waals surface area contributed by atoms with Crippen molar-refractivity contribution in [2.75, 3.05) is 13.2 Å². The number of carboxylic acids is 1. The van der Waals surface area contributed by atoms with Gasteiger partial charge in [-0.15, -0.1) is 0 Å². The summed E-state index contributed by atoms with van der Waals surface area (Å²) in [5, 5.41) is 14.4. The highest BCUT2D eigenvalue weighted by Gasteiger charge is 2.28. The van der Waals surface area contributed by atoms with Gasteiger partial charge >= 0.3 is 12.1 Å². The lowest BCUT2D eigenvalue weighted by molar-refractivity contribution is -0.137. The highest BCUT2D eigenvalue weighted by atomic mass is 16.5. The van der Waals surface area contributed by atoms with Crippen molar-refractivity contribution >= 4 is 18.0 Å². The molecule has 1 atom stereocenters. The van der Waals surface area contributed by atoms with Gasteiger partial charge in [0.2, 0.25) is 5.91 Å². The number of hydrogen-bond acceptors (Lipinski definition) is 4. The first-order valence-electron chi connectivity index (χ1n) is 11.4. The normalized spacial score (nSPS) is 13.0. The minimum atomic E-state index is -1.01. The van der Waals surface area contributed by atoms with Crippen LogP contribution in [0.25, 0.3) is 11.1 Å². The maximum atomic E-state index is 12.3. The Morgan fingerprint density at radius 1 is 0.886 bits per heavy atom. The lowest BCUT2D eigenvalue weighted by atomic mass is 9.98. The van der Waals surface area contributed by atoms with Crippen LogP contribution in [0.1, 0.15) is 35.1 Å². The fourth-order valence-corrected chi connectivity index (χ4v) is 4.29. The largest absolute Gasteiger partial charge is 0.481 e. The van der Waals surface area contributed by atoms with Gasteiger partial charge in [-0.1, -0.05) is 84.9 Å². The molecule has 0 aromatic heterocycles. The van der Waals surface area contributed by atoms with Crippen LogP contribution in [0.3, 0.4) is 0 Å². The van der Waals surface area contributed by atoms with Crippen LogP contribution in [0.2, 0.25) is 0 Å². The van der Waals surface area contributed by atoms with Gasteiger partial charge in [-0.2, -0.15) is 0 Å². The molecule has 3 aromatic carbocycles. The van der Waals surface area contributed by atoms with E-state index in [0.717, 1.165) is 22.3 Å². The van der Waals surface area contributed by atoms with E-state index in [1.165, 1.54) is 12.2 Å². The van der Waals surface area contributed by atoms with E-state index >= 15 is 0 Å². The standard InChI is InChI=1S/C28H26N2O5/c31-26(30-25(17-27(32)33)19-9-2-1-3-10-19)15-8-16-29-28(34)35-18-24-22-13-6-4-11-20(22)21-12-5-7-14-23(21)24/h1-15,24-25H,16-18H2,(H,29,34)(H,30,31)(H,32,33)/b15-8+. The van der Waals surface area contributed by atoms with Crippen LogP contribution in [-0.4, -0.2) is 36.2 Å². The number of nitrogens with one attached hydrogen (secondary N) is 2. The highest BCUT2D eigenvalue weighted by Crippen LogP contribution is 2.44. The van der Waals surface area contributed by atoms with Crippen molar-refractivity contribution in [2.24, 2.45) is 0 Å². The fraction of sp³-hybridized carbons (Fsp3) is 0.179. The van der Waals surface area contributed by atoms with Crippen molar-refractivity contribution in [3.63, 3.8) is 0 Å². The molecule has 3 N–H and O–H groups in total. The van der Waals surface area contributed by atoms with Crippen molar-refractivity contribution in [1.29, 1.82) is 0 Å². The zero-order chi connectivity index (χ0) is 24.6. The molecule has 0 bridgehead atoms. The van der Waals surface area contributed by atoms with E-state index < -0.39 is 24.0 Å². The second-order valence-electron chi connectivity index (χ2n) is 8.18. The number of benzene rings is 3. The molecule has 1 aliphatic carbocycles. The zero-order valence-electron chi connectivity index (χ0n) is 19.0. The molecule has 7 nitrogen and oxygen atoms in total. The molecule has 0 radical (unpaired) electrons. The molecule has 1 unspecified atom stereocenters. The zero-order valence-corrected chi connectivity index (χ0v) is 19.0. The lowest BCUT2D eigenvalue weighted by Crippen LogP contribution is -2.29. The second kappa shape index (κ2) is 11.2. The van der Waals surface area contributed by atoms with Crippen LogP contribution in [0, 0.1) is 0 Å². The average Bonchev–Trinajstić information content (AvgIpc) is 3.19. The Hall–Kier alpha value is -4.39. The summed E-state index contributed by atoms with van der Waals surface area (Å²) >= 11 is 0. The van der Waals surface area contributed by atoms with Crippen LogP contribution < -0.4 is 10.6 Å². The number of ether oxygens (including phenoxy) is 1. The van der Waals surface area contributed by atoms with Gasteiger partial charge in [-0.3, -0.25) is 9.59 Å². The third kappa shape index (κ3) is 5.95. The summed E-state index contributed by atoms with van der Waals surface area (Å²) in [4.78, 5) is 35.6. The molecule has 178 valence electrons. The number of carboxylic acid groups (broad SMARTS) is 1. The second-order valence-corrected chi connectivity index (χ2v) is 8.18. The lowest BCUT2D eigenvalue weighted by Gasteiger charge is -2.16. The van der Waals surface area contributed by atoms with Crippen molar-refractivity contribution < 1.29 is 24.2 Å². The number of carbonyl (C=O) groups excluding carboxylic acids is 2. The molecular formula is C28H26N2O5. The van der Waals surface area contributed by atoms with Crippen LogP contribution in [0.4, 0.5) is 4.79 Å². The first-order valence-corrected chi connectivity index (χ1v) is 11.4. The first kappa shape index (κ1) is 23.8. The molecule has 0 saturated heterocycles. The number of hydrogen-bond donors (Lipinski definition) is 3. The Kier molecular flexibility index (Phi) is 7.57. The smallest absolute Gasteiger partial charge is 0.407 e. The summed E-state index contributed by atoms with van der Waals surface area (Å²) < 4.78 is 5.46. The van der Waals surface area contributed by atoms with Gasteiger partial charge < -0.3 is 20.5 Å². The van der Waals surface area contributed by atoms with E-state index in [1.54, 1.807) is 24.3 Å². The number of aliphatic carboxylic acids is 1. The van der Waals surface area contributed by atoms with Crippen molar-refractivity contribution in [3.05, 3.63) is 108 Å². The Morgan fingerprint density at radius 2 is 1.49 bits per heavy atom. The molecule has 0 heterocycles. The topological polar surface area (TPSA) is 105 Å². The maximum Gasteiger partial charge on any atom is 0.407 e. The molecule has 0 saturated carbocycles. The summed E-state index contributed by atoms with van der Waals surface area (Å²) in [5.41, 5.74) is 5.28. The minimum absolute atomic E-state index is 0.0291. The number of rotatable bonds is 9. The average molecular weight is 471 g/mol. The van der Waals surface area contributed by atoms with Gasteiger partial charge in [0, 0.05) is 18.5 Å². The van der Waals surface area contributed by atoms with E-state index in [2.05, 4.69) is 34.9 Å². The number of alkyl carbamates (subject to hydrolysis) is 1. The summed E-state index contributed by atoms with van der Waals surface area (Å²) in [6.45, 7) is 0.303. The molecule has 3 aromatic rings. The molecule has 2 amide bonds. The maximum absolute atomic E-state index is 12.3. The Bertz CT molecular complexity index is 1190. The SMILES string of the molecule is O=C(O)CC(NC(=O)/C=C/CNC(=O)OCC1c2ccccc2-c2ccccc21)c1ccccc1. The van der Waals surface area contributed by atoms with Gasteiger partial charge in [0.25, 0.3) is 0 Å². The third-order valence-electron chi connectivity index (χ3n) is 5.87. The molecule has 0 aliphatic heterocycles. The van der Waals surface area contributed by atoms with E-state index in [9.17, 15) is 14.4 Å². The van der Waals surface area contributed by atoms with Gasteiger partial charge in [0.05, 0.1) is 12.5 Å². The van der Waals surface area contributed by atoms with Gasteiger partial charge in [0.1, 0.15) is 6.61 Å². The van der Waals surface area contributed by atoms with Gasteiger partial charge in [-0.25, -0.2) is 4.79 Å². The summed E-state index contributed by atoms with van der Waals surface area (Å²) in [7, 11) is 0. The number of fused-ring (bicyclic) bond motifs is 3. The van der Waals surface area contributed by atoms with Crippen molar-refractivity contribution in [2.45, 2.75) is 18.4 Å². The predicted molar refractivity (Wildman–Crippen MR) is 132 cm³/mol. The summed E-state index contributed by atoms with van der Waals surface area (Å²) in [6, 6.07) is 24.5. The van der Waals surface area contributed by atoms with E-state index in [-0.39, 0.29) is 25.5 Å². The highest BCUT2D eigenvalue weighted by molar-refractivity contribution is 5.88. The number of amides is 2. The fourth-order valence-electron chi connectivity index (χ4n) is 4.29. The Balaban J connectivity index is 1.26. The first-order chi connectivity index (χ1) is 17.0. The van der Waals surface area contributed by atoms with Crippen LogP contribution in [0.15, 0.2) is 91.0 Å². The van der Waals surface area contributed by atoms with Crippen LogP contribution >= 0.6 is 0 Å². The minimum Gasteiger partial charge on any atom is -0.481 e. The molecular weight excluding hydrogens is 444 g/mol. The monoisotopic (exact) mass is 470 g/mol. The van der Waals surface area contributed by atoms with Crippen LogP contribution in [0.5, 0.6) is 0 Å². The third-order valence-corrected chi connectivity index (χ3v) is 5.87. The number of carbonyl (C=O) groups is 3. The van der Waals surface area contributed by atoms with Crippen molar-refractivity contribution in [3.8, 4) is 11.1 Å². The quantitative estimate of drug-likeness (QED) is 0.402. The Labute approximate surface area is 203 Å². The summed E-state index contributed by atoms with van der Waals surface area (Å²) in [6.07, 6.45) is 1.94. The van der Waals surface area contributed by atoms with Gasteiger partial charge in [0.15, 0.2) is 0 Å². The predicted octanol–water partition coefficient (Wildman–Crippen LogP) is 4.41. The molecule has 0 spiro atoms. The molecule has 7 heteroatoms. The van der Waals surface area contributed by atoms with Gasteiger partial charge in [-0.05, 0) is 27.8 Å².